The number of aromatic nitrogens is 7. The lowest BCUT2D eigenvalue weighted by atomic mass is 9.91. The number of sulfonamides is 1. The third-order valence-electron chi connectivity index (χ3n) is 13.7. The van der Waals surface area contributed by atoms with Crippen LogP contribution >= 0.6 is 0 Å². The van der Waals surface area contributed by atoms with E-state index in [2.05, 4.69) is 27.0 Å². The van der Waals surface area contributed by atoms with Gasteiger partial charge in [0, 0.05) is 60.6 Å². The van der Waals surface area contributed by atoms with Gasteiger partial charge in [-0.1, -0.05) is 18.1 Å². The van der Waals surface area contributed by atoms with E-state index in [4.69, 9.17) is 14.4 Å². The highest BCUT2D eigenvalue weighted by Gasteiger charge is 2.59. The molecule has 7 aromatic rings. The minimum Gasteiger partial charge on any atom is -0.381 e. The molecule has 2 fully saturated rings. The Bertz CT molecular complexity index is 3330. The Morgan fingerprint density at radius 3 is 2.39 bits per heavy atom. The first-order chi connectivity index (χ1) is 30.6. The predicted molar refractivity (Wildman–Crippen MR) is 230 cm³/mol. The third kappa shape index (κ3) is 5.99. The van der Waals surface area contributed by atoms with Crippen LogP contribution in [0.3, 0.4) is 0 Å². The molecule has 3 aromatic carbocycles. The van der Waals surface area contributed by atoms with Gasteiger partial charge in [0.2, 0.25) is 10.0 Å². The maximum absolute atomic E-state index is 16.1. The fourth-order valence-electron chi connectivity index (χ4n) is 10.4. The van der Waals surface area contributed by atoms with Crippen LogP contribution in [0.1, 0.15) is 94.9 Å². The highest BCUT2D eigenvalue weighted by Crippen LogP contribution is 2.56. The second-order valence-corrected chi connectivity index (χ2v) is 19.3. The van der Waals surface area contributed by atoms with Gasteiger partial charge in [-0.3, -0.25) is 28.2 Å². The second kappa shape index (κ2) is 14.2. The maximum atomic E-state index is 16.1. The van der Waals surface area contributed by atoms with Crippen molar-refractivity contribution < 1.29 is 31.3 Å². The number of rotatable bonds is 7. The van der Waals surface area contributed by atoms with Gasteiger partial charge in [-0.2, -0.15) is 5.10 Å². The molecule has 0 spiro atoms. The summed E-state index contributed by atoms with van der Waals surface area (Å²) in [5, 5.41) is 10.0. The lowest BCUT2D eigenvalue weighted by Crippen LogP contribution is -2.41. The zero-order chi connectivity index (χ0) is 44.6. The van der Waals surface area contributed by atoms with E-state index in [1.807, 2.05) is 30.5 Å². The van der Waals surface area contributed by atoms with Crippen molar-refractivity contribution in [3.63, 3.8) is 0 Å². The lowest BCUT2D eigenvalue weighted by Gasteiger charge is -2.34. The third-order valence-corrected chi connectivity index (χ3v) is 14.9. The van der Waals surface area contributed by atoms with Crippen molar-refractivity contribution in [1.29, 1.82) is 0 Å². The number of aromatic amines is 1. The molecule has 19 heteroatoms. The van der Waals surface area contributed by atoms with Crippen LogP contribution in [-0.4, -0.2) is 72.6 Å². The van der Waals surface area contributed by atoms with E-state index in [-0.39, 0.29) is 46.9 Å². The second-order valence-electron chi connectivity index (χ2n) is 17.6. The average molecular weight is 892 g/mol. The summed E-state index contributed by atoms with van der Waals surface area (Å²) in [6.07, 6.45) is 5.52. The molecule has 1 saturated carbocycles. The van der Waals surface area contributed by atoms with E-state index >= 15 is 13.6 Å². The van der Waals surface area contributed by atoms with Crippen molar-refractivity contribution in [2.24, 2.45) is 5.92 Å². The molecule has 11 rings (SSSR count). The molecule has 1 aliphatic carbocycles. The number of nitrogens with zero attached hydrogens (tertiary/aromatic N) is 7. The summed E-state index contributed by atoms with van der Waals surface area (Å²) in [5.74, 6) is -1.92. The molecule has 0 radical (unpaired) electrons. The van der Waals surface area contributed by atoms with Gasteiger partial charge < -0.3 is 14.2 Å². The zero-order valence-electron chi connectivity index (χ0n) is 35.3. The minimum absolute atomic E-state index is 0.0181. The standard InChI is InChI=1S/C45H43F2N9O7S/c1-23-17-30(18-24(2)38(23)46)56-40(54-14-13-53(44(54)59)35-8-6-32-31(39(35)47)22-64(60,61)51-32)37-26(4)52(12-9-33(37)49-56)41(57)36-20-29-19-28(27-10-15-62-16-11-27)5-7-34(29)55(36)45(21-25(45)3)42-48-43(58)63-50-42/h5-8,13-14,17-20,25-27,51H,9-12,15-16,21-22H2,1-4H3,(H,48,50,58). The Kier molecular flexibility index (Phi) is 8.92. The van der Waals surface area contributed by atoms with E-state index in [1.54, 1.807) is 35.6 Å². The van der Waals surface area contributed by atoms with Crippen molar-refractivity contribution in [1.82, 2.24) is 38.5 Å². The average Bonchev–Trinajstić information content (AvgIpc) is 3.88. The number of carbonyl (C=O) groups is 1. The Labute approximate surface area is 364 Å². The molecule has 3 atom stereocenters. The van der Waals surface area contributed by atoms with Gasteiger partial charge in [0.05, 0.1) is 34.6 Å². The largest absolute Gasteiger partial charge is 0.438 e. The van der Waals surface area contributed by atoms with E-state index in [1.165, 1.54) is 29.1 Å². The summed E-state index contributed by atoms with van der Waals surface area (Å²) < 4.78 is 74.8. The highest BCUT2D eigenvalue weighted by atomic mass is 32.2. The number of hydrogen-bond acceptors (Lipinski definition) is 9. The smallest absolute Gasteiger partial charge is 0.381 e. The molecular weight excluding hydrogens is 849 g/mol. The van der Waals surface area contributed by atoms with Crippen LogP contribution in [0.15, 0.2) is 75.0 Å². The number of carbonyl (C=O) groups excluding carboxylic acids is 1. The van der Waals surface area contributed by atoms with Crippen molar-refractivity contribution >= 4 is 32.5 Å². The number of fused-ring (bicyclic) bond motifs is 3. The van der Waals surface area contributed by atoms with Gasteiger partial charge in [-0.15, -0.1) is 0 Å². The fraction of sp³-hybridized carbons (Fsp3) is 0.356. The molecule has 330 valence electrons. The van der Waals surface area contributed by atoms with Crippen molar-refractivity contribution in [2.45, 2.75) is 76.6 Å². The van der Waals surface area contributed by atoms with Crippen LogP contribution in [0, 0.1) is 31.4 Å². The highest BCUT2D eigenvalue weighted by molar-refractivity contribution is 7.92. The summed E-state index contributed by atoms with van der Waals surface area (Å²) in [6.45, 7) is 8.79. The normalized spacial score (nSPS) is 21.6. The fourth-order valence-corrected chi connectivity index (χ4v) is 11.6. The summed E-state index contributed by atoms with van der Waals surface area (Å²) >= 11 is 0. The molecular formula is C45H43F2N9O7S. The molecule has 64 heavy (non-hydrogen) atoms. The molecule has 7 heterocycles. The predicted octanol–water partition coefficient (Wildman–Crippen LogP) is 6.03. The first kappa shape index (κ1) is 40.2. The molecule has 1 amide bonds. The Hall–Kier alpha value is -6.60. The summed E-state index contributed by atoms with van der Waals surface area (Å²) in [6, 6.07) is 13.5. The minimum atomic E-state index is -3.78. The quantitative estimate of drug-likeness (QED) is 0.193. The summed E-state index contributed by atoms with van der Waals surface area (Å²) in [5.41, 5.74) is 3.01. The van der Waals surface area contributed by atoms with E-state index < -0.39 is 44.6 Å². The molecule has 1 saturated heterocycles. The molecule has 0 bridgehead atoms. The van der Waals surface area contributed by atoms with Crippen molar-refractivity contribution in [3.05, 3.63) is 139 Å². The Balaban J connectivity index is 1.06. The van der Waals surface area contributed by atoms with Crippen molar-refractivity contribution in [2.75, 3.05) is 24.5 Å². The van der Waals surface area contributed by atoms with Gasteiger partial charge in [0.15, 0.2) is 11.6 Å². The Morgan fingerprint density at radius 1 is 0.953 bits per heavy atom. The van der Waals surface area contributed by atoms with Gasteiger partial charge in [0.1, 0.15) is 22.9 Å². The number of amides is 1. The van der Waals surface area contributed by atoms with Crippen LogP contribution in [0.5, 0.6) is 0 Å². The molecule has 16 nitrogen and oxygen atoms in total. The molecule has 3 unspecified atom stereocenters. The Morgan fingerprint density at radius 2 is 1.69 bits per heavy atom. The zero-order valence-corrected chi connectivity index (χ0v) is 36.1. The summed E-state index contributed by atoms with van der Waals surface area (Å²) in [7, 11) is -3.78. The molecule has 2 N–H and O–H groups in total. The van der Waals surface area contributed by atoms with E-state index in [0.717, 1.165) is 33.9 Å². The number of benzene rings is 3. The topological polar surface area (TPSA) is 184 Å². The van der Waals surface area contributed by atoms with Gasteiger partial charge in [-0.05, 0) is 111 Å². The van der Waals surface area contributed by atoms with Crippen LogP contribution < -0.4 is 16.2 Å². The lowest BCUT2D eigenvalue weighted by molar-refractivity contribution is 0.0663. The van der Waals surface area contributed by atoms with E-state index in [0.29, 0.717) is 71.6 Å². The maximum Gasteiger partial charge on any atom is 0.438 e. The first-order valence-corrected chi connectivity index (χ1v) is 22.9. The molecule has 4 aliphatic rings. The number of nitrogens with one attached hydrogen (secondary N) is 2. The number of anilines is 1. The summed E-state index contributed by atoms with van der Waals surface area (Å²) in [4.78, 5) is 46.9. The number of aryl methyl sites for hydroxylation is 2. The van der Waals surface area contributed by atoms with E-state index in [9.17, 15) is 18.0 Å². The van der Waals surface area contributed by atoms with Crippen LogP contribution in [0.2, 0.25) is 0 Å². The number of H-pyrrole nitrogens is 1. The van der Waals surface area contributed by atoms with Gasteiger partial charge >= 0.3 is 11.4 Å². The van der Waals surface area contributed by atoms with Crippen molar-refractivity contribution in [3.8, 4) is 17.2 Å². The number of imidazole rings is 1. The van der Waals surface area contributed by atoms with Crippen LogP contribution in [0.4, 0.5) is 14.5 Å². The van der Waals surface area contributed by atoms with Crippen LogP contribution in [0.25, 0.3) is 28.1 Å². The van der Waals surface area contributed by atoms with Crippen LogP contribution in [-0.2, 0) is 32.5 Å². The monoisotopic (exact) mass is 891 g/mol. The van der Waals surface area contributed by atoms with Gasteiger partial charge in [-0.25, -0.2) is 31.5 Å². The molecule has 4 aromatic heterocycles. The number of ether oxygens (including phenoxy) is 1. The number of halogens is 2. The first-order valence-electron chi connectivity index (χ1n) is 21.3. The molecule has 3 aliphatic heterocycles. The SMILES string of the molecule is Cc1cc(-n2nc3c(c2-n2ccn(-c4ccc5c(c4F)CS(=O)(=O)N5)c2=O)C(C)N(C(=O)c2cc4cc(C5CCOCC5)ccc4n2C2(c4noc(=O)[nH]4)CC2C)CC3)cc(C)c1F. The number of hydrogen-bond donors (Lipinski definition) is 2. The van der Waals surface area contributed by atoms with Gasteiger partial charge in [0.25, 0.3) is 5.91 Å².